The fraction of sp³-hybridized carbons (Fsp3) is 0.600. The highest BCUT2D eigenvalue weighted by atomic mass is 31.2. The first-order valence-corrected chi connectivity index (χ1v) is 7.51. The van der Waals surface area contributed by atoms with Crippen LogP contribution < -0.4 is 4.52 Å². The highest BCUT2D eigenvalue weighted by Crippen LogP contribution is 2.43. The van der Waals surface area contributed by atoms with Gasteiger partial charge in [0, 0.05) is 5.56 Å². The van der Waals surface area contributed by atoms with Crippen LogP contribution in [0.2, 0.25) is 0 Å². The Kier molecular flexibility index (Phi) is 4.64. The molecule has 1 rings (SSSR count). The van der Waals surface area contributed by atoms with Crippen molar-refractivity contribution >= 4 is 8.69 Å². The van der Waals surface area contributed by atoms with E-state index in [4.69, 9.17) is 9.42 Å². The van der Waals surface area contributed by atoms with Gasteiger partial charge in [-0.25, -0.2) is 0 Å². The first-order valence-electron chi connectivity index (χ1n) is 6.41. The molecule has 0 aliphatic rings. The summed E-state index contributed by atoms with van der Waals surface area (Å²) < 4.78 is 17.8. The minimum atomic E-state index is -2.89. The number of rotatable bonds is 2. The maximum absolute atomic E-state index is 12.8. The molecular formula is C15H24FO2P. The molecule has 0 spiro atoms. The molecule has 19 heavy (non-hydrogen) atoms. The van der Waals surface area contributed by atoms with Crippen molar-refractivity contribution in [3.63, 3.8) is 0 Å². The first kappa shape index (κ1) is 16.4. The summed E-state index contributed by atoms with van der Waals surface area (Å²) in [4.78, 5) is 8.89. The van der Waals surface area contributed by atoms with Gasteiger partial charge < -0.3 is 9.42 Å². The van der Waals surface area contributed by atoms with Gasteiger partial charge in [-0.15, -0.1) is 4.20 Å². The topological polar surface area (TPSA) is 29.5 Å². The molecule has 2 nitrogen and oxygen atoms in total. The van der Waals surface area contributed by atoms with Crippen molar-refractivity contribution in [1.29, 1.82) is 0 Å². The Bertz CT molecular complexity index is 456. The van der Waals surface area contributed by atoms with Gasteiger partial charge >= 0.3 is 8.69 Å². The van der Waals surface area contributed by atoms with E-state index in [1.807, 2.05) is 13.0 Å². The Balaban J connectivity index is 3.46. The summed E-state index contributed by atoms with van der Waals surface area (Å²) in [7, 11) is -2.89. The zero-order valence-electron chi connectivity index (χ0n) is 12.8. The van der Waals surface area contributed by atoms with Gasteiger partial charge in [0.2, 0.25) is 0 Å². The normalized spacial score (nSPS) is 14.4. The van der Waals surface area contributed by atoms with Gasteiger partial charge in [0.05, 0.1) is 0 Å². The molecule has 1 aromatic carbocycles. The van der Waals surface area contributed by atoms with Gasteiger partial charge in [-0.1, -0.05) is 47.6 Å². The third-order valence-corrected chi connectivity index (χ3v) is 3.46. The quantitative estimate of drug-likeness (QED) is 0.761. The lowest BCUT2D eigenvalue weighted by Gasteiger charge is -2.28. The van der Waals surface area contributed by atoms with E-state index in [0.717, 1.165) is 11.1 Å². The molecule has 1 atom stereocenters. The summed E-state index contributed by atoms with van der Waals surface area (Å²) in [5, 5.41) is 0. The summed E-state index contributed by atoms with van der Waals surface area (Å²) in [5.41, 5.74) is 3.02. The second kappa shape index (κ2) is 5.38. The summed E-state index contributed by atoms with van der Waals surface area (Å²) in [6.45, 7) is 14.6. The minimum absolute atomic E-state index is 0.0161. The molecule has 1 unspecified atom stereocenters. The summed E-state index contributed by atoms with van der Waals surface area (Å²) >= 11 is 0. The number of hydrogen-bond acceptors (Lipinski definition) is 2. The Labute approximate surface area is 117 Å². The van der Waals surface area contributed by atoms with Gasteiger partial charge in [0.1, 0.15) is 5.75 Å². The molecule has 4 heteroatoms. The van der Waals surface area contributed by atoms with Crippen molar-refractivity contribution in [2.75, 3.05) is 0 Å². The van der Waals surface area contributed by atoms with E-state index in [1.165, 1.54) is 5.56 Å². The van der Waals surface area contributed by atoms with E-state index >= 15 is 0 Å². The van der Waals surface area contributed by atoms with Gasteiger partial charge in [-0.05, 0) is 34.9 Å². The molecule has 0 amide bonds. The second-order valence-electron chi connectivity index (χ2n) is 6.98. The zero-order chi connectivity index (χ0) is 15.0. The van der Waals surface area contributed by atoms with Crippen molar-refractivity contribution in [2.24, 2.45) is 0 Å². The van der Waals surface area contributed by atoms with Crippen molar-refractivity contribution < 1.29 is 13.6 Å². The molecule has 1 aromatic rings. The number of hydrogen-bond donors (Lipinski definition) is 1. The van der Waals surface area contributed by atoms with Crippen molar-refractivity contribution in [2.45, 2.75) is 59.3 Å². The fourth-order valence-corrected chi connectivity index (χ4v) is 2.55. The number of aryl methyl sites for hydroxylation is 1. The molecule has 0 radical (unpaired) electrons. The average molecular weight is 286 g/mol. The molecule has 0 aliphatic heterocycles. The predicted molar refractivity (Wildman–Crippen MR) is 79.5 cm³/mol. The van der Waals surface area contributed by atoms with Crippen LogP contribution in [-0.4, -0.2) is 4.89 Å². The van der Waals surface area contributed by atoms with Crippen LogP contribution in [0.1, 0.15) is 58.2 Å². The smallest absolute Gasteiger partial charge is 0.424 e. The SMILES string of the molecule is Cc1cc(OP(O)F)c(C(C)(C)C)cc1C(C)(C)C. The third kappa shape index (κ3) is 4.15. The summed E-state index contributed by atoms with van der Waals surface area (Å²) in [5.74, 6) is 0.439. The van der Waals surface area contributed by atoms with Crippen LogP contribution in [0.15, 0.2) is 12.1 Å². The number of benzene rings is 1. The van der Waals surface area contributed by atoms with Crippen LogP contribution in [0.25, 0.3) is 0 Å². The van der Waals surface area contributed by atoms with Gasteiger partial charge in [-0.2, -0.15) is 0 Å². The molecule has 0 aliphatic carbocycles. The van der Waals surface area contributed by atoms with Gasteiger partial charge in [0.15, 0.2) is 0 Å². The number of halogens is 1. The van der Waals surface area contributed by atoms with Crippen LogP contribution in [0.5, 0.6) is 5.75 Å². The van der Waals surface area contributed by atoms with E-state index in [9.17, 15) is 4.20 Å². The van der Waals surface area contributed by atoms with Crippen LogP contribution in [0.4, 0.5) is 4.20 Å². The predicted octanol–water partition coefficient (Wildman–Crippen LogP) is 5.16. The van der Waals surface area contributed by atoms with Gasteiger partial charge in [0.25, 0.3) is 0 Å². The summed E-state index contributed by atoms with van der Waals surface area (Å²) in [6.07, 6.45) is 0. The lowest BCUT2D eigenvalue weighted by Crippen LogP contribution is -2.18. The second-order valence-corrected chi connectivity index (χ2v) is 7.62. The van der Waals surface area contributed by atoms with Crippen LogP contribution >= 0.6 is 8.69 Å². The highest BCUT2D eigenvalue weighted by molar-refractivity contribution is 7.40. The van der Waals surface area contributed by atoms with Crippen molar-refractivity contribution in [1.82, 2.24) is 0 Å². The first-order chi connectivity index (χ1) is 8.43. The Hall–Kier alpha value is -0.660. The summed E-state index contributed by atoms with van der Waals surface area (Å²) in [6, 6.07) is 3.90. The molecule has 0 fully saturated rings. The largest absolute Gasteiger partial charge is 0.436 e. The van der Waals surface area contributed by atoms with E-state index in [1.54, 1.807) is 0 Å². The highest BCUT2D eigenvalue weighted by Gasteiger charge is 2.26. The maximum atomic E-state index is 12.8. The fourth-order valence-electron chi connectivity index (χ4n) is 2.23. The third-order valence-electron chi connectivity index (χ3n) is 3.12. The van der Waals surface area contributed by atoms with E-state index in [2.05, 4.69) is 47.6 Å². The molecule has 0 heterocycles. The molecule has 0 bridgehead atoms. The molecule has 0 aromatic heterocycles. The molecular weight excluding hydrogens is 262 g/mol. The Morgan fingerprint density at radius 1 is 1.00 bits per heavy atom. The van der Waals surface area contributed by atoms with Crippen LogP contribution in [0.3, 0.4) is 0 Å². The standard InChI is InChI=1S/C15H24FO2P/c1-10-8-13(18-19(16)17)12(15(5,6)7)9-11(10)14(2,3)4/h8-9,17H,1-7H3. The average Bonchev–Trinajstić information content (AvgIpc) is 2.11. The van der Waals surface area contributed by atoms with Crippen LogP contribution in [-0.2, 0) is 10.8 Å². The lowest BCUT2D eigenvalue weighted by molar-refractivity contribution is 0.423. The minimum Gasteiger partial charge on any atom is -0.424 e. The maximum Gasteiger partial charge on any atom is 0.436 e. The molecule has 0 saturated carbocycles. The van der Waals surface area contributed by atoms with E-state index in [0.29, 0.717) is 5.75 Å². The zero-order valence-corrected chi connectivity index (χ0v) is 13.7. The van der Waals surface area contributed by atoms with Crippen molar-refractivity contribution in [3.05, 3.63) is 28.8 Å². The van der Waals surface area contributed by atoms with E-state index in [-0.39, 0.29) is 10.8 Å². The lowest BCUT2D eigenvalue weighted by atomic mass is 9.78. The molecule has 108 valence electrons. The molecule has 0 saturated heterocycles. The monoisotopic (exact) mass is 286 g/mol. The van der Waals surface area contributed by atoms with Gasteiger partial charge in [-0.3, -0.25) is 0 Å². The van der Waals surface area contributed by atoms with Crippen LogP contribution in [0, 0.1) is 6.92 Å². The molecule has 1 N–H and O–H groups in total. The van der Waals surface area contributed by atoms with E-state index < -0.39 is 8.69 Å². The Morgan fingerprint density at radius 2 is 1.47 bits per heavy atom. The Morgan fingerprint density at radius 3 is 1.84 bits per heavy atom. The van der Waals surface area contributed by atoms with Crippen molar-refractivity contribution in [3.8, 4) is 5.75 Å².